The van der Waals surface area contributed by atoms with Gasteiger partial charge >= 0.3 is 0 Å². The van der Waals surface area contributed by atoms with Crippen LogP contribution in [0.2, 0.25) is 0 Å². The van der Waals surface area contributed by atoms with Gasteiger partial charge in [0, 0.05) is 19.5 Å². The second-order valence-electron chi connectivity index (χ2n) is 2.46. The second kappa shape index (κ2) is 5.09. The Morgan fingerprint density at radius 1 is 1.23 bits per heavy atom. The highest BCUT2D eigenvalue weighted by molar-refractivity contribution is 5.95. The summed E-state index contributed by atoms with van der Waals surface area (Å²) >= 11 is 0. The summed E-state index contributed by atoms with van der Waals surface area (Å²) in [6.07, 6.45) is 4.71. The molecule has 0 unspecified atom stereocenters. The number of imide groups is 1. The molecule has 0 radical (unpaired) electrons. The third kappa shape index (κ3) is 3.51. The molecule has 0 spiro atoms. The molecule has 3 nitrogen and oxygen atoms in total. The van der Waals surface area contributed by atoms with Gasteiger partial charge in [-0.15, -0.1) is 0 Å². The van der Waals surface area contributed by atoms with E-state index in [1.54, 1.807) is 18.2 Å². The number of carbonyl (C=O) groups is 2. The lowest BCUT2D eigenvalue weighted by molar-refractivity contribution is -0.139. The predicted octanol–water partition coefficient (Wildman–Crippen LogP) is 1.64. The van der Waals surface area contributed by atoms with Crippen LogP contribution in [0.4, 0.5) is 0 Å². The topological polar surface area (TPSA) is 37.4 Å². The fourth-order valence-electron chi connectivity index (χ4n) is 0.880. The Kier molecular flexibility index (Phi) is 4.44. The first-order chi connectivity index (χ1) is 6.00. The molecule has 0 saturated carbocycles. The Bertz CT molecular complexity index is 263. The van der Waals surface area contributed by atoms with Crippen LogP contribution in [0.5, 0.6) is 0 Å². The van der Waals surface area contributed by atoms with Gasteiger partial charge in [-0.1, -0.05) is 25.3 Å². The van der Waals surface area contributed by atoms with Crippen molar-refractivity contribution in [3.8, 4) is 0 Å². The lowest BCUT2D eigenvalue weighted by Gasteiger charge is -2.16. The Morgan fingerprint density at radius 2 is 1.69 bits per heavy atom. The first kappa shape index (κ1) is 11.4. The monoisotopic (exact) mass is 179 g/mol. The van der Waals surface area contributed by atoms with Crippen LogP contribution in [0.25, 0.3) is 0 Å². The Hall–Kier alpha value is -1.64. The molecule has 0 rings (SSSR count). The van der Waals surface area contributed by atoms with Crippen LogP contribution in [0, 0.1) is 0 Å². The standard InChI is InChI=1S/C10H13NO2/c1-5-6-7-8(2)11(9(3)12)10(4)13/h5-7H,1-2H2,3-4H3/b7-6-. The molecule has 3 heteroatoms. The molecule has 70 valence electrons. The minimum atomic E-state index is -0.341. The highest BCUT2D eigenvalue weighted by Gasteiger charge is 2.14. The van der Waals surface area contributed by atoms with E-state index in [2.05, 4.69) is 13.2 Å². The van der Waals surface area contributed by atoms with Crippen LogP contribution < -0.4 is 0 Å². The zero-order valence-electron chi connectivity index (χ0n) is 7.91. The summed E-state index contributed by atoms with van der Waals surface area (Å²) in [5.41, 5.74) is 0.347. The summed E-state index contributed by atoms with van der Waals surface area (Å²) in [6.45, 7) is 9.68. The molecule has 0 fully saturated rings. The Balaban J connectivity index is 4.66. The molecular weight excluding hydrogens is 166 g/mol. The van der Waals surface area contributed by atoms with E-state index in [9.17, 15) is 9.59 Å². The molecule has 0 aliphatic carbocycles. The molecule has 2 amide bonds. The lowest BCUT2D eigenvalue weighted by atomic mass is 10.3. The molecule has 0 aliphatic heterocycles. The summed E-state index contributed by atoms with van der Waals surface area (Å²) in [4.78, 5) is 22.9. The molecule has 0 aromatic carbocycles. The normalized spacial score (nSPS) is 9.69. The van der Waals surface area contributed by atoms with Gasteiger partial charge in [0.25, 0.3) is 0 Å². The van der Waals surface area contributed by atoms with Crippen LogP contribution in [-0.4, -0.2) is 16.7 Å². The number of rotatable bonds is 3. The Morgan fingerprint density at radius 3 is 2.00 bits per heavy atom. The highest BCUT2D eigenvalue weighted by Crippen LogP contribution is 2.04. The SMILES string of the molecule is C=C/C=C\C(=C)N(C(C)=O)C(C)=O. The van der Waals surface area contributed by atoms with Crippen molar-refractivity contribution in [1.82, 2.24) is 4.90 Å². The van der Waals surface area contributed by atoms with Crippen molar-refractivity contribution in [2.75, 3.05) is 0 Å². The molecule has 0 saturated heterocycles. The minimum Gasteiger partial charge on any atom is -0.274 e. The maximum absolute atomic E-state index is 11.0. The average Bonchev–Trinajstić information content (AvgIpc) is 1.99. The fourth-order valence-corrected chi connectivity index (χ4v) is 0.880. The van der Waals surface area contributed by atoms with Gasteiger partial charge in [-0.25, -0.2) is 0 Å². The number of nitrogens with zero attached hydrogens (tertiary/aromatic N) is 1. The van der Waals surface area contributed by atoms with Crippen molar-refractivity contribution in [3.63, 3.8) is 0 Å². The van der Waals surface area contributed by atoms with Gasteiger partial charge in [-0.3, -0.25) is 14.5 Å². The number of amides is 2. The molecular formula is C10H13NO2. The smallest absolute Gasteiger partial charge is 0.230 e. The van der Waals surface area contributed by atoms with Gasteiger partial charge in [0.15, 0.2) is 0 Å². The second-order valence-corrected chi connectivity index (χ2v) is 2.46. The summed E-state index contributed by atoms with van der Waals surface area (Å²) < 4.78 is 0. The van der Waals surface area contributed by atoms with E-state index in [-0.39, 0.29) is 11.8 Å². The van der Waals surface area contributed by atoms with E-state index in [1.807, 2.05) is 0 Å². The highest BCUT2D eigenvalue weighted by atomic mass is 16.2. The molecule has 0 bridgehead atoms. The third-order valence-electron chi connectivity index (χ3n) is 1.34. The van der Waals surface area contributed by atoms with Gasteiger partial charge in [-0.05, 0) is 6.08 Å². The first-order valence-electron chi connectivity index (χ1n) is 3.80. The summed E-state index contributed by atoms with van der Waals surface area (Å²) in [5.74, 6) is -0.683. The van der Waals surface area contributed by atoms with Crippen molar-refractivity contribution in [1.29, 1.82) is 0 Å². The number of carbonyl (C=O) groups excluding carboxylic acids is 2. The Labute approximate surface area is 78.0 Å². The molecule has 0 atom stereocenters. The van der Waals surface area contributed by atoms with Crippen molar-refractivity contribution in [2.45, 2.75) is 13.8 Å². The molecule has 0 aromatic heterocycles. The lowest BCUT2D eigenvalue weighted by Crippen LogP contribution is -2.31. The number of hydrogen-bond acceptors (Lipinski definition) is 2. The molecule has 0 N–H and O–H groups in total. The van der Waals surface area contributed by atoms with Crippen molar-refractivity contribution in [2.24, 2.45) is 0 Å². The largest absolute Gasteiger partial charge is 0.274 e. The maximum Gasteiger partial charge on any atom is 0.230 e. The van der Waals surface area contributed by atoms with Crippen molar-refractivity contribution < 1.29 is 9.59 Å². The third-order valence-corrected chi connectivity index (χ3v) is 1.34. The quantitative estimate of drug-likeness (QED) is 0.617. The summed E-state index contributed by atoms with van der Waals surface area (Å²) in [5, 5.41) is 0. The number of allylic oxidation sites excluding steroid dienone is 3. The van der Waals surface area contributed by atoms with Crippen LogP contribution in [0.1, 0.15) is 13.8 Å². The fraction of sp³-hybridized carbons (Fsp3) is 0.200. The summed E-state index contributed by atoms with van der Waals surface area (Å²) in [6, 6.07) is 0. The molecule has 0 aliphatic rings. The van der Waals surface area contributed by atoms with E-state index in [4.69, 9.17) is 0 Å². The van der Waals surface area contributed by atoms with Gasteiger partial charge in [0.2, 0.25) is 11.8 Å². The zero-order chi connectivity index (χ0) is 10.4. The van der Waals surface area contributed by atoms with Gasteiger partial charge in [-0.2, -0.15) is 0 Å². The van der Waals surface area contributed by atoms with Crippen LogP contribution in [0.15, 0.2) is 37.1 Å². The summed E-state index contributed by atoms with van der Waals surface area (Å²) in [7, 11) is 0. The van der Waals surface area contributed by atoms with E-state index < -0.39 is 0 Å². The van der Waals surface area contributed by atoms with E-state index in [0.717, 1.165) is 4.90 Å². The van der Waals surface area contributed by atoms with Crippen LogP contribution in [-0.2, 0) is 9.59 Å². The maximum atomic E-state index is 11.0. The first-order valence-corrected chi connectivity index (χ1v) is 3.80. The average molecular weight is 179 g/mol. The van der Waals surface area contributed by atoms with Crippen LogP contribution in [0.3, 0.4) is 0 Å². The minimum absolute atomic E-state index is 0.341. The predicted molar refractivity (Wildman–Crippen MR) is 51.7 cm³/mol. The number of hydrogen-bond donors (Lipinski definition) is 0. The van der Waals surface area contributed by atoms with Gasteiger partial charge in [0.05, 0.1) is 0 Å². The van der Waals surface area contributed by atoms with Crippen molar-refractivity contribution >= 4 is 11.8 Å². The van der Waals surface area contributed by atoms with Crippen LogP contribution >= 0.6 is 0 Å². The zero-order valence-corrected chi connectivity index (χ0v) is 7.91. The van der Waals surface area contributed by atoms with Gasteiger partial charge < -0.3 is 0 Å². The van der Waals surface area contributed by atoms with Crippen molar-refractivity contribution in [3.05, 3.63) is 37.1 Å². The van der Waals surface area contributed by atoms with Gasteiger partial charge in [0.1, 0.15) is 0 Å². The molecule has 13 heavy (non-hydrogen) atoms. The molecule has 0 aromatic rings. The van der Waals surface area contributed by atoms with E-state index in [1.165, 1.54) is 13.8 Å². The van der Waals surface area contributed by atoms with E-state index >= 15 is 0 Å². The molecule has 0 heterocycles. The van der Waals surface area contributed by atoms with E-state index in [0.29, 0.717) is 5.70 Å².